The summed E-state index contributed by atoms with van der Waals surface area (Å²) in [7, 11) is 1.59. The number of likely N-dealkylation sites (N-methyl/N-ethyl adjacent to an activating group) is 1. The summed E-state index contributed by atoms with van der Waals surface area (Å²) in [5, 5.41) is 0. The molecular formula is C23H18F3N5O2. The molecule has 0 saturated heterocycles. The van der Waals surface area contributed by atoms with Crippen LogP contribution in [0.5, 0.6) is 5.75 Å². The largest absolute Gasteiger partial charge is 0.491 e. The lowest BCUT2D eigenvalue weighted by Gasteiger charge is -2.25. The van der Waals surface area contributed by atoms with Gasteiger partial charge in [-0.1, -0.05) is 18.7 Å². The summed E-state index contributed by atoms with van der Waals surface area (Å²) in [4.78, 5) is 23.5. The smallest absolute Gasteiger partial charge is 0.416 e. The minimum Gasteiger partial charge on any atom is -0.491 e. The fraction of sp³-hybridized carbons (Fsp3) is 0.174. The summed E-state index contributed by atoms with van der Waals surface area (Å²) in [5.41, 5.74) is 8.47. The Morgan fingerprint density at radius 1 is 1.30 bits per heavy atom. The molecule has 1 aliphatic rings. The maximum absolute atomic E-state index is 13.5. The molecule has 0 fully saturated rings. The standard InChI is InChI=1S/C23H18F3N5O2/c1-3-12-6-16-17(31-11-28-9-18(31)21(27)29-16)8-15(12)22(32)30(2)19-10-33-20-7-13(23(24,25)26)4-5-14(19)20/h3-9,11,19H,1,10H2,2H3,(H2,27,29). The Balaban J connectivity index is 1.55. The van der Waals surface area contributed by atoms with Crippen LogP contribution < -0.4 is 10.5 Å². The molecule has 3 heterocycles. The van der Waals surface area contributed by atoms with Gasteiger partial charge in [-0.05, 0) is 29.8 Å². The lowest BCUT2D eigenvalue weighted by atomic mass is 10.0. The first-order valence-electron chi connectivity index (χ1n) is 9.98. The number of fused-ring (bicyclic) bond motifs is 4. The molecule has 0 radical (unpaired) electrons. The number of carbonyl (C=O) groups excluding carboxylic acids is 1. The number of carbonyl (C=O) groups is 1. The number of nitrogen functional groups attached to an aromatic ring is 1. The van der Waals surface area contributed by atoms with Gasteiger partial charge in [-0.2, -0.15) is 13.2 Å². The Kier molecular flexibility index (Phi) is 4.55. The summed E-state index contributed by atoms with van der Waals surface area (Å²) >= 11 is 0. The molecule has 7 nitrogen and oxygen atoms in total. The van der Waals surface area contributed by atoms with Gasteiger partial charge in [0.2, 0.25) is 0 Å². The number of halogens is 3. The number of amides is 1. The highest BCUT2D eigenvalue weighted by atomic mass is 19.4. The molecule has 1 atom stereocenters. The normalized spacial score (nSPS) is 15.5. The van der Waals surface area contributed by atoms with Crippen LogP contribution in [0.4, 0.5) is 19.0 Å². The number of anilines is 1. The minimum absolute atomic E-state index is 0.0553. The van der Waals surface area contributed by atoms with Crippen LogP contribution in [0, 0.1) is 0 Å². The fourth-order valence-corrected chi connectivity index (χ4v) is 4.11. The number of ether oxygens (including phenoxy) is 1. The molecule has 0 bridgehead atoms. The zero-order valence-electron chi connectivity index (χ0n) is 17.4. The van der Waals surface area contributed by atoms with E-state index >= 15 is 0 Å². The van der Waals surface area contributed by atoms with Gasteiger partial charge in [-0.3, -0.25) is 9.20 Å². The number of hydrogen-bond donors (Lipinski definition) is 1. The van der Waals surface area contributed by atoms with E-state index in [1.165, 1.54) is 11.0 Å². The summed E-state index contributed by atoms with van der Waals surface area (Å²) in [5.74, 6) is 0.0964. The van der Waals surface area contributed by atoms with E-state index in [9.17, 15) is 18.0 Å². The lowest BCUT2D eigenvalue weighted by Crippen LogP contribution is -2.32. The number of nitrogens with zero attached hydrogens (tertiary/aromatic N) is 4. The maximum Gasteiger partial charge on any atom is 0.416 e. The van der Waals surface area contributed by atoms with Gasteiger partial charge in [-0.25, -0.2) is 9.97 Å². The van der Waals surface area contributed by atoms with Crippen molar-refractivity contribution in [3.05, 3.63) is 71.7 Å². The van der Waals surface area contributed by atoms with E-state index in [2.05, 4.69) is 16.5 Å². The van der Waals surface area contributed by atoms with Crippen LogP contribution in [-0.2, 0) is 6.18 Å². The van der Waals surface area contributed by atoms with Gasteiger partial charge in [0.1, 0.15) is 23.7 Å². The van der Waals surface area contributed by atoms with Crippen molar-refractivity contribution < 1.29 is 22.7 Å². The molecule has 1 unspecified atom stereocenters. The van der Waals surface area contributed by atoms with E-state index in [0.717, 1.165) is 12.1 Å². The van der Waals surface area contributed by atoms with Crippen molar-refractivity contribution in [2.45, 2.75) is 12.2 Å². The predicted molar refractivity (Wildman–Crippen MR) is 117 cm³/mol. The van der Waals surface area contributed by atoms with Crippen LogP contribution >= 0.6 is 0 Å². The lowest BCUT2D eigenvalue weighted by molar-refractivity contribution is -0.137. The third kappa shape index (κ3) is 3.25. The molecule has 2 N–H and O–H groups in total. The van der Waals surface area contributed by atoms with E-state index in [4.69, 9.17) is 10.5 Å². The zero-order chi connectivity index (χ0) is 23.5. The molecule has 0 spiro atoms. The third-order valence-electron chi connectivity index (χ3n) is 5.88. The number of hydrogen-bond acceptors (Lipinski definition) is 5. The second kappa shape index (κ2) is 7.22. The summed E-state index contributed by atoms with van der Waals surface area (Å²) < 4.78 is 46.3. The summed E-state index contributed by atoms with van der Waals surface area (Å²) in [6, 6.07) is 6.18. The molecule has 2 aromatic heterocycles. The molecule has 1 amide bonds. The molecule has 10 heteroatoms. The third-order valence-corrected chi connectivity index (χ3v) is 5.88. The average molecular weight is 453 g/mol. The first-order valence-corrected chi connectivity index (χ1v) is 9.98. The first kappa shape index (κ1) is 20.8. The average Bonchev–Trinajstić information content (AvgIpc) is 3.44. The summed E-state index contributed by atoms with van der Waals surface area (Å²) in [6.45, 7) is 3.86. The zero-order valence-corrected chi connectivity index (χ0v) is 17.4. The molecule has 4 aromatic rings. The van der Waals surface area contributed by atoms with E-state index in [1.807, 2.05) is 0 Å². The molecule has 5 rings (SSSR count). The highest BCUT2D eigenvalue weighted by Gasteiger charge is 2.36. The number of nitrogens with two attached hydrogens (primary N) is 1. The SMILES string of the molecule is C=Cc1cc2nc(N)c3cncn3c2cc1C(=O)N(C)C1COc2cc(C(F)(F)F)ccc21. The summed E-state index contributed by atoms with van der Waals surface area (Å²) in [6.07, 6.45) is 0.239. The van der Waals surface area contributed by atoms with Gasteiger partial charge in [-0.15, -0.1) is 0 Å². The van der Waals surface area contributed by atoms with Crippen molar-refractivity contribution in [2.75, 3.05) is 19.4 Å². The number of rotatable bonds is 3. The van der Waals surface area contributed by atoms with E-state index in [-0.39, 0.29) is 18.3 Å². The van der Waals surface area contributed by atoms with Gasteiger partial charge in [0.15, 0.2) is 0 Å². The second-order valence-corrected chi connectivity index (χ2v) is 7.77. The van der Waals surface area contributed by atoms with Crippen molar-refractivity contribution in [3.8, 4) is 5.75 Å². The molecule has 2 aromatic carbocycles. The Morgan fingerprint density at radius 3 is 2.82 bits per heavy atom. The monoisotopic (exact) mass is 453 g/mol. The van der Waals surface area contributed by atoms with Crippen molar-refractivity contribution in [1.29, 1.82) is 0 Å². The van der Waals surface area contributed by atoms with Crippen molar-refractivity contribution in [1.82, 2.24) is 19.3 Å². The predicted octanol–water partition coefficient (Wildman–Crippen LogP) is 4.33. The van der Waals surface area contributed by atoms with Crippen LogP contribution in [0.2, 0.25) is 0 Å². The van der Waals surface area contributed by atoms with Gasteiger partial charge < -0.3 is 15.4 Å². The number of aromatic nitrogens is 3. The fourth-order valence-electron chi connectivity index (χ4n) is 4.11. The number of alkyl halides is 3. The van der Waals surface area contributed by atoms with E-state index in [0.29, 0.717) is 39.1 Å². The molecule has 168 valence electrons. The van der Waals surface area contributed by atoms with Gasteiger partial charge in [0, 0.05) is 18.2 Å². The Labute approximate surface area is 185 Å². The van der Waals surface area contributed by atoms with Gasteiger partial charge in [0.05, 0.1) is 35.2 Å². The van der Waals surface area contributed by atoms with Crippen LogP contribution in [0.1, 0.15) is 33.1 Å². The van der Waals surface area contributed by atoms with Crippen LogP contribution in [0.3, 0.4) is 0 Å². The number of benzene rings is 2. The minimum atomic E-state index is -4.47. The quantitative estimate of drug-likeness (QED) is 0.499. The molecule has 33 heavy (non-hydrogen) atoms. The highest BCUT2D eigenvalue weighted by Crippen LogP contribution is 2.40. The topological polar surface area (TPSA) is 85.8 Å². The van der Waals surface area contributed by atoms with E-state index in [1.54, 1.807) is 42.2 Å². The van der Waals surface area contributed by atoms with E-state index < -0.39 is 17.8 Å². The molecule has 0 aliphatic carbocycles. The molecule has 1 aliphatic heterocycles. The first-order chi connectivity index (χ1) is 15.7. The van der Waals surface area contributed by atoms with Gasteiger partial charge >= 0.3 is 6.18 Å². The van der Waals surface area contributed by atoms with Crippen molar-refractivity contribution in [3.63, 3.8) is 0 Å². The Hall–Kier alpha value is -4.08. The molecular weight excluding hydrogens is 435 g/mol. The van der Waals surface area contributed by atoms with Crippen LogP contribution in [0.25, 0.3) is 22.6 Å². The number of imidazole rings is 1. The van der Waals surface area contributed by atoms with Crippen LogP contribution in [0.15, 0.2) is 49.4 Å². The Bertz CT molecular complexity index is 1440. The maximum atomic E-state index is 13.5. The van der Waals surface area contributed by atoms with Crippen molar-refractivity contribution >= 4 is 34.4 Å². The Morgan fingerprint density at radius 2 is 2.09 bits per heavy atom. The second-order valence-electron chi connectivity index (χ2n) is 7.77. The highest BCUT2D eigenvalue weighted by molar-refractivity contribution is 6.02. The van der Waals surface area contributed by atoms with Crippen LogP contribution in [-0.4, -0.2) is 38.8 Å². The molecule has 0 saturated carbocycles. The van der Waals surface area contributed by atoms with Gasteiger partial charge in [0.25, 0.3) is 5.91 Å². The van der Waals surface area contributed by atoms with Crippen molar-refractivity contribution in [2.24, 2.45) is 0 Å².